The van der Waals surface area contributed by atoms with Crippen molar-refractivity contribution in [3.05, 3.63) is 12.5 Å². The maximum Gasteiger partial charge on any atom is 0.245 e. The van der Waals surface area contributed by atoms with Crippen LogP contribution in [0.15, 0.2) is 12.5 Å². The van der Waals surface area contributed by atoms with Gasteiger partial charge in [0.1, 0.15) is 30.1 Å². The van der Waals surface area contributed by atoms with Crippen LogP contribution in [0.3, 0.4) is 0 Å². The number of nitrogens with one attached hydrogen (secondary N) is 1. The fourth-order valence-corrected chi connectivity index (χ4v) is 4.70. The molecule has 0 aromatic carbocycles. The predicted molar refractivity (Wildman–Crippen MR) is 91.2 cm³/mol. The third-order valence-corrected chi connectivity index (χ3v) is 5.99. The highest BCUT2D eigenvalue weighted by Crippen LogP contribution is 2.56. The van der Waals surface area contributed by atoms with E-state index in [9.17, 15) is 19.2 Å². The molecule has 2 saturated carbocycles. The number of carbonyl (C=O) groups excluding carboxylic acids is 4. The minimum Gasteiger partial charge on any atom is -0.307 e. The molecule has 0 radical (unpaired) electrons. The Morgan fingerprint density at radius 2 is 2.19 bits per heavy atom. The van der Waals surface area contributed by atoms with Gasteiger partial charge in [-0.2, -0.15) is 0 Å². The van der Waals surface area contributed by atoms with Crippen molar-refractivity contribution in [2.45, 2.75) is 39.0 Å². The second kappa shape index (κ2) is 5.96. The Kier molecular flexibility index (Phi) is 3.86. The van der Waals surface area contributed by atoms with Gasteiger partial charge in [-0.3, -0.25) is 24.1 Å². The molecule has 2 aliphatic carbocycles. The third-order valence-electron chi connectivity index (χ3n) is 5.99. The van der Waals surface area contributed by atoms with E-state index in [0.717, 1.165) is 0 Å². The van der Waals surface area contributed by atoms with Crippen LogP contribution in [0.1, 0.15) is 39.0 Å². The molecule has 0 saturated heterocycles. The van der Waals surface area contributed by atoms with Gasteiger partial charge in [0.25, 0.3) is 0 Å². The van der Waals surface area contributed by atoms with Gasteiger partial charge in [0.2, 0.25) is 11.8 Å². The fraction of sp³-hybridized carbons (Fsp3) is 0.556. The second-order valence-electron chi connectivity index (χ2n) is 7.38. The van der Waals surface area contributed by atoms with Gasteiger partial charge in [-0.25, -0.2) is 9.97 Å². The van der Waals surface area contributed by atoms with Gasteiger partial charge in [-0.1, -0.05) is 6.92 Å². The van der Waals surface area contributed by atoms with Crippen LogP contribution in [0.4, 0.5) is 11.5 Å². The zero-order chi connectivity index (χ0) is 18.5. The Labute approximate surface area is 150 Å². The number of aromatic nitrogens is 2. The first kappa shape index (κ1) is 16.8. The molecule has 4 rings (SSSR count). The highest BCUT2D eigenvalue weighted by Gasteiger charge is 2.60. The summed E-state index contributed by atoms with van der Waals surface area (Å²) < 4.78 is 0. The molecular weight excluding hydrogens is 336 g/mol. The molecule has 1 N–H and O–H groups in total. The minimum absolute atomic E-state index is 0.0252. The molecule has 8 nitrogen and oxygen atoms in total. The van der Waals surface area contributed by atoms with Crippen LogP contribution in [0.5, 0.6) is 0 Å². The first-order valence-electron chi connectivity index (χ1n) is 8.92. The predicted octanol–water partition coefficient (Wildman–Crippen LogP) is 1.12. The lowest BCUT2D eigenvalue weighted by Crippen LogP contribution is -2.44. The zero-order valence-corrected chi connectivity index (χ0v) is 14.5. The summed E-state index contributed by atoms with van der Waals surface area (Å²) in [5.74, 6) is -0.678. The topological polar surface area (TPSA) is 109 Å². The molecule has 3 aliphatic rings. The van der Waals surface area contributed by atoms with E-state index >= 15 is 0 Å². The molecule has 136 valence electrons. The van der Waals surface area contributed by atoms with Crippen LogP contribution >= 0.6 is 0 Å². The van der Waals surface area contributed by atoms with Gasteiger partial charge in [-0.15, -0.1) is 0 Å². The second-order valence-corrected chi connectivity index (χ2v) is 7.38. The van der Waals surface area contributed by atoms with Crippen molar-refractivity contribution in [1.82, 2.24) is 9.97 Å². The van der Waals surface area contributed by atoms with Gasteiger partial charge in [-0.05, 0) is 19.3 Å². The quantitative estimate of drug-likeness (QED) is 0.866. The van der Waals surface area contributed by atoms with Crippen LogP contribution < -0.4 is 10.2 Å². The molecule has 0 spiro atoms. The number of Topliss-reactive ketones (excluding diaryl/α,β-unsaturated/α-hetero) is 2. The lowest BCUT2D eigenvalue weighted by molar-refractivity contribution is -0.131. The molecule has 2 amide bonds. The number of ketones is 2. The van der Waals surface area contributed by atoms with E-state index < -0.39 is 5.41 Å². The van der Waals surface area contributed by atoms with E-state index in [4.69, 9.17) is 0 Å². The minimum atomic E-state index is -0.763. The average Bonchev–Trinajstić information content (AvgIpc) is 3.09. The van der Waals surface area contributed by atoms with Gasteiger partial charge >= 0.3 is 0 Å². The van der Waals surface area contributed by atoms with E-state index in [1.54, 1.807) is 6.92 Å². The van der Waals surface area contributed by atoms with Crippen LogP contribution in [-0.4, -0.2) is 39.9 Å². The number of fused-ring (bicyclic) bond motifs is 3. The van der Waals surface area contributed by atoms with Crippen molar-refractivity contribution in [2.24, 2.45) is 17.3 Å². The van der Waals surface area contributed by atoms with E-state index in [0.29, 0.717) is 37.2 Å². The number of nitrogens with zero attached hydrogens (tertiary/aromatic N) is 3. The molecule has 26 heavy (non-hydrogen) atoms. The van der Waals surface area contributed by atoms with Crippen LogP contribution in [0.2, 0.25) is 0 Å². The zero-order valence-electron chi connectivity index (χ0n) is 14.5. The molecule has 2 bridgehead atoms. The highest BCUT2D eigenvalue weighted by atomic mass is 16.2. The Bertz CT molecular complexity index is 823. The van der Waals surface area contributed by atoms with Crippen molar-refractivity contribution in [1.29, 1.82) is 0 Å². The fourth-order valence-electron chi connectivity index (χ4n) is 4.70. The van der Waals surface area contributed by atoms with Gasteiger partial charge < -0.3 is 5.32 Å². The summed E-state index contributed by atoms with van der Waals surface area (Å²) in [6.07, 6.45) is 4.97. The third kappa shape index (κ3) is 2.43. The van der Waals surface area contributed by atoms with Gasteiger partial charge in [0.15, 0.2) is 5.82 Å². The SMILES string of the molecule is CCC(=O)C1CC2(CC(=O)N3CC(=O)Nc4ncncc43)CCC1C2=O. The molecule has 2 heterocycles. The van der Waals surface area contributed by atoms with Crippen molar-refractivity contribution in [2.75, 3.05) is 16.8 Å². The Morgan fingerprint density at radius 1 is 1.38 bits per heavy atom. The maximum absolute atomic E-state index is 13.0. The largest absolute Gasteiger partial charge is 0.307 e. The number of anilines is 2. The first-order valence-corrected chi connectivity index (χ1v) is 8.92. The summed E-state index contributed by atoms with van der Waals surface area (Å²) >= 11 is 0. The lowest BCUT2D eigenvalue weighted by Gasteiger charge is -2.32. The number of hydrogen-bond acceptors (Lipinski definition) is 6. The van der Waals surface area contributed by atoms with Crippen molar-refractivity contribution >= 4 is 34.9 Å². The summed E-state index contributed by atoms with van der Waals surface area (Å²) in [6, 6.07) is 0. The molecule has 8 heteroatoms. The molecule has 2 fully saturated rings. The number of hydrogen-bond donors (Lipinski definition) is 1. The average molecular weight is 356 g/mol. The summed E-state index contributed by atoms with van der Waals surface area (Å²) in [5, 5.41) is 2.61. The highest BCUT2D eigenvalue weighted by molar-refractivity contribution is 6.10. The van der Waals surface area contributed by atoms with Crippen molar-refractivity contribution < 1.29 is 19.2 Å². The van der Waals surface area contributed by atoms with E-state index in [1.807, 2.05) is 0 Å². The lowest BCUT2D eigenvalue weighted by atomic mass is 9.75. The van der Waals surface area contributed by atoms with E-state index in [1.165, 1.54) is 17.4 Å². The molecule has 1 aliphatic heterocycles. The monoisotopic (exact) mass is 356 g/mol. The van der Waals surface area contributed by atoms with E-state index in [-0.39, 0.29) is 48.2 Å². The van der Waals surface area contributed by atoms with Crippen molar-refractivity contribution in [3.63, 3.8) is 0 Å². The van der Waals surface area contributed by atoms with Crippen LogP contribution in [-0.2, 0) is 19.2 Å². The Hall–Kier alpha value is -2.64. The standard InChI is InChI=1S/C18H20N4O4/c1-2-13(23)11-5-18(4-3-10(11)16(18)26)6-15(25)22-8-14(24)21-17-12(22)7-19-9-20-17/h7,9-11H,2-6,8H2,1H3,(H,19,20,21,24). The van der Waals surface area contributed by atoms with E-state index in [2.05, 4.69) is 15.3 Å². The normalized spacial score (nSPS) is 29.5. The molecule has 3 unspecified atom stereocenters. The van der Waals surface area contributed by atoms with Crippen LogP contribution in [0, 0.1) is 17.3 Å². The molecular formula is C18H20N4O4. The van der Waals surface area contributed by atoms with Crippen molar-refractivity contribution in [3.8, 4) is 0 Å². The summed E-state index contributed by atoms with van der Waals surface area (Å²) in [6.45, 7) is 1.68. The Morgan fingerprint density at radius 3 is 2.96 bits per heavy atom. The van der Waals surface area contributed by atoms with Gasteiger partial charge in [0, 0.05) is 30.1 Å². The van der Waals surface area contributed by atoms with Crippen LogP contribution in [0.25, 0.3) is 0 Å². The van der Waals surface area contributed by atoms with Gasteiger partial charge in [0.05, 0.1) is 6.20 Å². The summed E-state index contributed by atoms with van der Waals surface area (Å²) in [7, 11) is 0. The number of rotatable bonds is 4. The number of carbonyl (C=O) groups is 4. The Balaban J connectivity index is 1.58. The summed E-state index contributed by atoms with van der Waals surface area (Å²) in [4.78, 5) is 59.1. The molecule has 3 atom stereocenters. The summed E-state index contributed by atoms with van der Waals surface area (Å²) in [5.41, 5.74) is -0.323. The smallest absolute Gasteiger partial charge is 0.245 e. The number of amides is 2. The first-order chi connectivity index (χ1) is 12.4. The maximum atomic E-state index is 13.0. The molecule has 1 aromatic heterocycles. The molecule has 1 aromatic rings.